The van der Waals surface area contributed by atoms with E-state index in [1.807, 2.05) is 0 Å². The normalized spacial score (nSPS) is 14.9. The standard InChI is InChI=1S/C12H16N2O3/c1-14(9-2-3-9)6-7-17-11-4-5-13-8-10(11)12(15)16/h4-5,8-9H,2-3,6-7H2,1H3,(H,15,16). The minimum atomic E-state index is -1.01. The molecular weight excluding hydrogens is 220 g/mol. The Labute approximate surface area is 100 Å². The van der Waals surface area contributed by atoms with Gasteiger partial charge in [0, 0.05) is 25.0 Å². The van der Waals surface area contributed by atoms with E-state index in [0.717, 1.165) is 6.54 Å². The first-order valence-electron chi connectivity index (χ1n) is 5.69. The fourth-order valence-corrected chi connectivity index (χ4v) is 1.67. The molecule has 0 unspecified atom stereocenters. The van der Waals surface area contributed by atoms with Crippen LogP contribution < -0.4 is 4.74 Å². The van der Waals surface area contributed by atoms with Crippen LogP contribution in [0.15, 0.2) is 18.5 Å². The molecular formula is C12H16N2O3. The van der Waals surface area contributed by atoms with Crippen LogP contribution in [0.2, 0.25) is 0 Å². The molecule has 0 saturated heterocycles. The van der Waals surface area contributed by atoms with Gasteiger partial charge in [0.15, 0.2) is 0 Å². The lowest BCUT2D eigenvalue weighted by molar-refractivity contribution is 0.0691. The van der Waals surface area contributed by atoms with Gasteiger partial charge in [-0.15, -0.1) is 0 Å². The predicted octanol–water partition coefficient (Wildman–Crippen LogP) is 1.25. The van der Waals surface area contributed by atoms with E-state index in [4.69, 9.17) is 9.84 Å². The Balaban J connectivity index is 1.87. The third kappa shape index (κ3) is 3.17. The number of hydrogen-bond acceptors (Lipinski definition) is 4. The van der Waals surface area contributed by atoms with E-state index in [9.17, 15) is 4.79 Å². The van der Waals surface area contributed by atoms with Gasteiger partial charge in [0.1, 0.15) is 17.9 Å². The molecule has 1 N–H and O–H groups in total. The average molecular weight is 236 g/mol. The second-order valence-electron chi connectivity index (χ2n) is 4.24. The number of aromatic carboxylic acids is 1. The van der Waals surface area contributed by atoms with E-state index in [1.54, 1.807) is 6.07 Å². The number of rotatable bonds is 6. The molecule has 5 heteroatoms. The van der Waals surface area contributed by atoms with Crippen molar-refractivity contribution < 1.29 is 14.6 Å². The first-order chi connectivity index (χ1) is 8.18. The smallest absolute Gasteiger partial charge is 0.341 e. The summed E-state index contributed by atoms with van der Waals surface area (Å²) in [5, 5.41) is 8.94. The second kappa shape index (κ2) is 5.14. The van der Waals surface area contributed by atoms with Crippen LogP contribution in [0.1, 0.15) is 23.2 Å². The molecule has 1 heterocycles. The maximum Gasteiger partial charge on any atom is 0.341 e. The fraction of sp³-hybridized carbons (Fsp3) is 0.500. The molecule has 92 valence electrons. The van der Waals surface area contributed by atoms with E-state index in [0.29, 0.717) is 18.4 Å². The van der Waals surface area contributed by atoms with Gasteiger partial charge in [0.25, 0.3) is 0 Å². The minimum Gasteiger partial charge on any atom is -0.491 e. The van der Waals surface area contributed by atoms with Crippen molar-refractivity contribution in [2.24, 2.45) is 0 Å². The first-order valence-corrected chi connectivity index (χ1v) is 5.69. The average Bonchev–Trinajstić information content (AvgIpc) is 3.13. The summed E-state index contributed by atoms with van der Waals surface area (Å²) in [7, 11) is 2.06. The number of hydrogen-bond donors (Lipinski definition) is 1. The van der Waals surface area contributed by atoms with Crippen molar-refractivity contribution in [3.8, 4) is 5.75 Å². The number of nitrogens with zero attached hydrogens (tertiary/aromatic N) is 2. The zero-order valence-electron chi connectivity index (χ0n) is 9.80. The molecule has 2 rings (SSSR count). The quantitative estimate of drug-likeness (QED) is 0.805. The van der Waals surface area contributed by atoms with Crippen molar-refractivity contribution in [1.82, 2.24) is 9.88 Å². The van der Waals surface area contributed by atoms with Crippen molar-refractivity contribution in [2.45, 2.75) is 18.9 Å². The van der Waals surface area contributed by atoms with Crippen molar-refractivity contribution in [1.29, 1.82) is 0 Å². The lowest BCUT2D eigenvalue weighted by Crippen LogP contribution is -2.26. The SMILES string of the molecule is CN(CCOc1ccncc1C(=O)O)C1CC1. The minimum absolute atomic E-state index is 0.113. The van der Waals surface area contributed by atoms with Crippen molar-refractivity contribution >= 4 is 5.97 Å². The van der Waals surface area contributed by atoms with Crippen LogP contribution in [0.4, 0.5) is 0 Å². The monoisotopic (exact) mass is 236 g/mol. The number of pyridine rings is 1. The molecule has 1 aliphatic carbocycles. The topological polar surface area (TPSA) is 62.7 Å². The molecule has 5 nitrogen and oxygen atoms in total. The zero-order valence-corrected chi connectivity index (χ0v) is 9.80. The van der Waals surface area contributed by atoms with Gasteiger partial charge >= 0.3 is 5.97 Å². The molecule has 0 atom stereocenters. The largest absolute Gasteiger partial charge is 0.491 e. The molecule has 0 aliphatic heterocycles. The number of likely N-dealkylation sites (N-methyl/N-ethyl adjacent to an activating group) is 1. The van der Waals surface area contributed by atoms with Gasteiger partial charge in [-0.2, -0.15) is 0 Å². The van der Waals surface area contributed by atoms with Gasteiger partial charge in [-0.3, -0.25) is 4.98 Å². The highest BCUT2D eigenvalue weighted by Crippen LogP contribution is 2.25. The summed E-state index contributed by atoms with van der Waals surface area (Å²) >= 11 is 0. The highest BCUT2D eigenvalue weighted by Gasteiger charge is 2.25. The Morgan fingerprint density at radius 2 is 2.41 bits per heavy atom. The zero-order chi connectivity index (χ0) is 12.3. The van der Waals surface area contributed by atoms with Gasteiger partial charge in [-0.1, -0.05) is 0 Å². The molecule has 0 spiro atoms. The van der Waals surface area contributed by atoms with Crippen LogP contribution in [0, 0.1) is 0 Å². The van der Waals surface area contributed by atoms with Crippen molar-refractivity contribution in [3.63, 3.8) is 0 Å². The Kier molecular flexibility index (Phi) is 3.58. The molecule has 1 aromatic heterocycles. The maximum absolute atomic E-state index is 10.9. The summed E-state index contributed by atoms with van der Waals surface area (Å²) in [6, 6.07) is 2.27. The highest BCUT2D eigenvalue weighted by molar-refractivity contribution is 5.90. The molecule has 1 aromatic rings. The lowest BCUT2D eigenvalue weighted by atomic mass is 10.2. The molecule has 0 bridgehead atoms. The fourth-order valence-electron chi connectivity index (χ4n) is 1.67. The van der Waals surface area contributed by atoms with Crippen molar-refractivity contribution in [2.75, 3.05) is 20.2 Å². The van der Waals surface area contributed by atoms with Crippen LogP contribution in [-0.4, -0.2) is 47.2 Å². The number of carboxylic acid groups (broad SMARTS) is 1. The van der Waals surface area contributed by atoms with Gasteiger partial charge in [0.05, 0.1) is 0 Å². The molecule has 0 aromatic carbocycles. The molecule has 0 amide bonds. The third-order valence-corrected chi connectivity index (χ3v) is 2.88. The van der Waals surface area contributed by atoms with Crippen LogP contribution in [-0.2, 0) is 0 Å². The van der Waals surface area contributed by atoms with E-state index in [2.05, 4.69) is 16.9 Å². The van der Waals surface area contributed by atoms with E-state index in [-0.39, 0.29) is 5.56 Å². The van der Waals surface area contributed by atoms with E-state index >= 15 is 0 Å². The lowest BCUT2D eigenvalue weighted by Gasteiger charge is -2.16. The molecule has 1 fully saturated rings. The Morgan fingerprint density at radius 3 is 3.06 bits per heavy atom. The van der Waals surface area contributed by atoms with Gasteiger partial charge < -0.3 is 14.7 Å². The number of ether oxygens (including phenoxy) is 1. The number of carboxylic acids is 1. The second-order valence-corrected chi connectivity index (χ2v) is 4.24. The maximum atomic E-state index is 10.9. The summed E-state index contributed by atoms with van der Waals surface area (Å²) in [4.78, 5) is 16.9. The first kappa shape index (κ1) is 11.9. The summed E-state index contributed by atoms with van der Waals surface area (Å²) in [5.41, 5.74) is 0.113. The Bertz CT molecular complexity index is 404. The molecule has 0 radical (unpaired) electrons. The third-order valence-electron chi connectivity index (χ3n) is 2.88. The molecule has 1 aliphatic rings. The number of carbonyl (C=O) groups is 1. The predicted molar refractivity (Wildman–Crippen MR) is 62.3 cm³/mol. The van der Waals surface area contributed by atoms with Gasteiger partial charge in [0.2, 0.25) is 0 Å². The molecule has 17 heavy (non-hydrogen) atoms. The van der Waals surface area contributed by atoms with E-state index in [1.165, 1.54) is 25.2 Å². The summed E-state index contributed by atoms with van der Waals surface area (Å²) < 4.78 is 5.48. The van der Waals surface area contributed by atoms with Crippen LogP contribution in [0.3, 0.4) is 0 Å². The number of aromatic nitrogens is 1. The Hall–Kier alpha value is -1.62. The van der Waals surface area contributed by atoms with Crippen LogP contribution in [0.25, 0.3) is 0 Å². The van der Waals surface area contributed by atoms with Crippen molar-refractivity contribution in [3.05, 3.63) is 24.0 Å². The van der Waals surface area contributed by atoms with Gasteiger partial charge in [-0.05, 0) is 26.0 Å². The van der Waals surface area contributed by atoms with Crippen LogP contribution >= 0.6 is 0 Å². The summed E-state index contributed by atoms with van der Waals surface area (Å²) in [5.74, 6) is -0.625. The van der Waals surface area contributed by atoms with E-state index < -0.39 is 5.97 Å². The summed E-state index contributed by atoms with van der Waals surface area (Å²) in [6.45, 7) is 1.31. The van der Waals surface area contributed by atoms with Crippen LogP contribution in [0.5, 0.6) is 5.75 Å². The Morgan fingerprint density at radius 1 is 1.65 bits per heavy atom. The molecule has 1 saturated carbocycles. The van der Waals surface area contributed by atoms with Gasteiger partial charge in [-0.25, -0.2) is 4.79 Å². The summed E-state index contributed by atoms with van der Waals surface area (Å²) in [6.07, 6.45) is 5.35. The highest BCUT2D eigenvalue weighted by atomic mass is 16.5.